The topological polar surface area (TPSA) is 72.1 Å². The van der Waals surface area contributed by atoms with Gasteiger partial charge in [0.05, 0.1) is 0 Å². The molecule has 22 heavy (non-hydrogen) atoms. The minimum Gasteiger partial charge on any atom is -0.368 e. The first-order chi connectivity index (χ1) is 10.4. The molecule has 2 heterocycles. The fourth-order valence-electron chi connectivity index (χ4n) is 3.63. The summed E-state index contributed by atoms with van der Waals surface area (Å²) in [5, 5.41) is 0. The Balaban J connectivity index is 1.98. The summed E-state index contributed by atoms with van der Waals surface area (Å²) in [6, 6.07) is 0.198. The molecule has 3 rings (SSSR count). The summed E-state index contributed by atoms with van der Waals surface area (Å²) in [6.45, 7) is 0. The zero-order valence-corrected chi connectivity index (χ0v) is 11.9. The van der Waals surface area contributed by atoms with Crippen molar-refractivity contribution in [2.45, 2.75) is 50.4 Å². The van der Waals surface area contributed by atoms with E-state index < -0.39 is 23.8 Å². The maximum atomic E-state index is 12.8. The molecule has 0 bridgehead atoms. The number of nitrogens with zero attached hydrogens (tertiary/aromatic N) is 3. The fraction of sp³-hybridized carbons (Fsp3) is 0.643. The molecule has 1 saturated heterocycles. The van der Waals surface area contributed by atoms with Crippen molar-refractivity contribution >= 4 is 11.9 Å². The van der Waals surface area contributed by atoms with Crippen molar-refractivity contribution in [2.24, 2.45) is 11.7 Å². The largest absolute Gasteiger partial charge is 0.433 e. The summed E-state index contributed by atoms with van der Waals surface area (Å²) in [4.78, 5) is 20.9. The maximum Gasteiger partial charge on any atom is 0.433 e. The summed E-state index contributed by atoms with van der Waals surface area (Å²) in [5.74, 6) is -0.312. The van der Waals surface area contributed by atoms with E-state index in [1.165, 1.54) is 0 Å². The fourth-order valence-corrected chi connectivity index (χ4v) is 3.63. The average molecular weight is 314 g/mol. The second-order valence-corrected chi connectivity index (χ2v) is 5.91. The van der Waals surface area contributed by atoms with Crippen LogP contribution < -0.4 is 10.6 Å². The number of hydrogen-bond acceptors (Lipinski definition) is 4. The third-order valence-electron chi connectivity index (χ3n) is 4.58. The number of anilines is 1. The van der Waals surface area contributed by atoms with Gasteiger partial charge >= 0.3 is 6.18 Å². The number of fused-ring (bicyclic) bond motifs is 1. The van der Waals surface area contributed by atoms with Crippen molar-refractivity contribution in [3.63, 3.8) is 0 Å². The Morgan fingerprint density at radius 3 is 2.73 bits per heavy atom. The first-order valence-corrected chi connectivity index (χ1v) is 7.36. The third-order valence-corrected chi connectivity index (χ3v) is 4.58. The van der Waals surface area contributed by atoms with Gasteiger partial charge < -0.3 is 10.6 Å². The second-order valence-electron chi connectivity index (χ2n) is 5.91. The average Bonchev–Trinajstić information content (AvgIpc) is 2.86. The molecule has 1 aliphatic carbocycles. The molecular formula is C14H17F3N4O. The Kier molecular flexibility index (Phi) is 3.70. The smallest absolute Gasteiger partial charge is 0.368 e. The van der Waals surface area contributed by atoms with Crippen molar-refractivity contribution in [3.05, 3.63) is 18.0 Å². The number of carbonyl (C=O) groups excluding carboxylic acids is 1. The minimum absolute atomic E-state index is 0.00488. The van der Waals surface area contributed by atoms with E-state index in [-0.39, 0.29) is 17.9 Å². The molecule has 5 nitrogen and oxygen atoms in total. The lowest BCUT2D eigenvalue weighted by Crippen LogP contribution is -2.46. The Labute approximate surface area is 125 Å². The number of halogens is 3. The summed E-state index contributed by atoms with van der Waals surface area (Å²) in [7, 11) is 0. The van der Waals surface area contributed by atoms with Gasteiger partial charge in [0, 0.05) is 12.2 Å². The van der Waals surface area contributed by atoms with Crippen molar-refractivity contribution in [1.82, 2.24) is 9.97 Å². The van der Waals surface area contributed by atoms with Crippen LogP contribution in [-0.2, 0) is 11.0 Å². The number of primary amides is 1. The number of nitrogens with two attached hydrogens (primary N) is 1. The number of amides is 1. The SMILES string of the molecule is NC(=O)[C@@H]1C[C@@H]2CCCC[C@H]2N1c1nccc(C(F)(F)F)n1. The number of carbonyl (C=O) groups is 1. The monoisotopic (exact) mass is 314 g/mol. The van der Waals surface area contributed by atoms with E-state index in [9.17, 15) is 18.0 Å². The summed E-state index contributed by atoms with van der Waals surface area (Å²) in [5.41, 5.74) is 4.45. The van der Waals surface area contributed by atoms with Crippen LogP contribution in [0.2, 0.25) is 0 Å². The van der Waals surface area contributed by atoms with Gasteiger partial charge in [-0.25, -0.2) is 9.97 Å². The van der Waals surface area contributed by atoms with Gasteiger partial charge in [-0.2, -0.15) is 13.2 Å². The van der Waals surface area contributed by atoms with Crippen molar-refractivity contribution in [2.75, 3.05) is 4.90 Å². The number of rotatable bonds is 2. The summed E-state index contributed by atoms with van der Waals surface area (Å²) < 4.78 is 38.5. The molecule has 0 aromatic carbocycles. The predicted octanol–water partition coefficient (Wildman–Crippen LogP) is 2.12. The molecule has 120 valence electrons. The van der Waals surface area contributed by atoms with E-state index in [1.807, 2.05) is 0 Å². The molecule has 1 aromatic heterocycles. The van der Waals surface area contributed by atoms with Gasteiger partial charge in [-0.05, 0) is 31.2 Å². The molecule has 3 atom stereocenters. The normalized spacial score (nSPS) is 28.5. The molecule has 1 aromatic rings. The van der Waals surface area contributed by atoms with Gasteiger partial charge in [0.25, 0.3) is 0 Å². The molecule has 0 spiro atoms. The lowest BCUT2D eigenvalue weighted by molar-refractivity contribution is -0.141. The Morgan fingerprint density at radius 1 is 1.32 bits per heavy atom. The van der Waals surface area contributed by atoms with Crippen molar-refractivity contribution in [1.29, 1.82) is 0 Å². The highest BCUT2D eigenvalue weighted by molar-refractivity contribution is 5.84. The molecule has 8 heteroatoms. The molecule has 2 N–H and O–H groups in total. The molecule has 0 radical (unpaired) electrons. The van der Waals surface area contributed by atoms with Crippen molar-refractivity contribution < 1.29 is 18.0 Å². The van der Waals surface area contributed by atoms with Gasteiger partial charge in [-0.3, -0.25) is 4.79 Å². The van der Waals surface area contributed by atoms with E-state index >= 15 is 0 Å². The highest BCUT2D eigenvalue weighted by Crippen LogP contribution is 2.41. The van der Waals surface area contributed by atoms with Crippen LogP contribution >= 0.6 is 0 Å². The Bertz CT molecular complexity index is 577. The quantitative estimate of drug-likeness (QED) is 0.907. The zero-order valence-electron chi connectivity index (χ0n) is 11.9. The molecular weight excluding hydrogens is 297 g/mol. The van der Waals surface area contributed by atoms with E-state index in [4.69, 9.17) is 5.73 Å². The van der Waals surface area contributed by atoms with E-state index in [1.54, 1.807) is 4.90 Å². The number of aromatic nitrogens is 2. The predicted molar refractivity (Wildman–Crippen MR) is 72.9 cm³/mol. The highest BCUT2D eigenvalue weighted by Gasteiger charge is 2.46. The van der Waals surface area contributed by atoms with Crippen LogP contribution in [0.25, 0.3) is 0 Å². The van der Waals surface area contributed by atoms with Gasteiger partial charge in [0.1, 0.15) is 11.7 Å². The number of hydrogen-bond donors (Lipinski definition) is 1. The van der Waals surface area contributed by atoms with Gasteiger partial charge in [0.15, 0.2) is 0 Å². The van der Waals surface area contributed by atoms with Crippen LogP contribution in [0, 0.1) is 5.92 Å². The van der Waals surface area contributed by atoms with Gasteiger partial charge in [-0.1, -0.05) is 12.8 Å². The Hall–Kier alpha value is -1.86. The van der Waals surface area contributed by atoms with E-state index in [0.717, 1.165) is 37.9 Å². The first kappa shape index (κ1) is 15.1. The highest BCUT2D eigenvalue weighted by atomic mass is 19.4. The van der Waals surface area contributed by atoms with Crippen LogP contribution in [0.3, 0.4) is 0 Å². The first-order valence-electron chi connectivity index (χ1n) is 7.36. The van der Waals surface area contributed by atoms with Gasteiger partial charge in [0.2, 0.25) is 11.9 Å². The Morgan fingerprint density at radius 2 is 2.05 bits per heavy atom. The number of alkyl halides is 3. The summed E-state index contributed by atoms with van der Waals surface area (Å²) >= 11 is 0. The summed E-state index contributed by atoms with van der Waals surface area (Å²) in [6.07, 6.45) is 0.967. The minimum atomic E-state index is -4.54. The van der Waals surface area contributed by atoms with Crippen LogP contribution in [0.15, 0.2) is 12.3 Å². The molecule has 2 fully saturated rings. The lowest BCUT2D eigenvalue weighted by Gasteiger charge is -2.33. The lowest BCUT2D eigenvalue weighted by atomic mass is 9.85. The van der Waals surface area contributed by atoms with Crippen molar-refractivity contribution in [3.8, 4) is 0 Å². The van der Waals surface area contributed by atoms with Gasteiger partial charge in [-0.15, -0.1) is 0 Å². The molecule has 0 unspecified atom stereocenters. The molecule has 1 aliphatic heterocycles. The second kappa shape index (κ2) is 5.40. The molecule has 2 aliphatic rings. The van der Waals surface area contributed by atoms with Crippen LogP contribution in [-0.4, -0.2) is 28.0 Å². The maximum absolute atomic E-state index is 12.8. The zero-order chi connectivity index (χ0) is 15.9. The van der Waals surface area contributed by atoms with E-state index in [0.29, 0.717) is 6.42 Å². The van der Waals surface area contributed by atoms with Crippen LogP contribution in [0.4, 0.5) is 19.1 Å². The van der Waals surface area contributed by atoms with E-state index in [2.05, 4.69) is 9.97 Å². The van der Waals surface area contributed by atoms with Crippen LogP contribution in [0.1, 0.15) is 37.8 Å². The van der Waals surface area contributed by atoms with Crippen LogP contribution in [0.5, 0.6) is 0 Å². The third kappa shape index (κ3) is 2.62. The molecule has 1 saturated carbocycles. The molecule has 1 amide bonds. The standard InChI is InChI=1S/C14H17F3N4O/c15-14(16,17)11-5-6-19-13(20-11)21-9-4-2-1-3-8(9)7-10(21)12(18)22/h5-6,8-10H,1-4,7H2,(H2,18,22)/t8-,9+,10-/m0/s1.